The number of carbonyl (C=O) groups excluding carboxylic acids is 2. The van der Waals surface area contributed by atoms with Gasteiger partial charge in [0.1, 0.15) is 0 Å². The molecule has 1 aromatic carbocycles. The van der Waals surface area contributed by atoms with Crippen molar-refractivity contribution in [1.82, 2.24) is 14.5 Å². The largest absolute Gasteiger partial charge is 0.355 e. The van der Waals surface area contributed by atoms with E-state index in [0.29, 0.717) is 11.3 Å². The van der Waals surface area contributed by atoms with Gasteiger partial charge in [-0.2, -0.15) is 0 Å². The molecule has 0 spiro atoms. The number of hydrogen-bond acceptors (Lipinski definition) is 4. The Labute approximate surface area is 163 Å². The van der Waals surface area contributed by atoms with E-state index in [1.54, 1.807) is 0 Å². The molecule has 0 aliphatic rings. The van der Waals surface area contributed by atoms with Gasteiger partial charge in [-0.15, -0.1) is 0 Å². The Morgan fingerprint density at radius 3 is 2.41 bits per heavy atom. The number of nitrogens with zero attached hydrogens (tertiary/aromatic N) is 2. The zero-order valence-corrected chi connectivity index (χ0v) is 17.0. The van der Waals surface area contributed by atoms with Crippen molar-refractivity contribution in [2.75, 3.05) is 5.75 Å². The van der Waals surface area contributed by atoms with Crippen molar-refractivity contribution >= 4 is 23.3 Å². The smallest absolute Gasteiger partial charge is 0.189 e. The first-order chi connectivity index (χ1) is 12.8. The number of aromatic nitrogens is 3. The van der Waals surface area contributed by atoms with E-state index in [1.165, 1.54) is 24.2 Å². The number of benzene rings is 1. The predicted octanol–water partition coefficient (Wildman–Crippen LogP) is 4.52. The third kappa shape index (κ3) is 3.76. The molecule has 3 rings (SSSR count). The van der Waals surface area contributed by atoms with Gasteiger partial charge in [0.05, 0.1) is 23.3 Å². The van der Waals surface area contributed by atoms with Gasteiger partial charge >= 0.3 is 0 Å². The highest BCUT2D eigenvalue weighted by Crippen LogP contribution is 2.26. The van der Waals surface area contributed by atoms with E-state index in [2.05, 4.69) is 41.2 Å². The van der Waals surface area contributed by atoms with Crippen LogP contribution in [0.2, 0.25) is 0 Å². The molecule has 0 saturated heterocycles. The van der Waals surface area contributed by atoms with Gasteiger partial charge in [-0.1, -0.05) is 41.6 Å². The van der Waals surface area contributed by atoms with Crippen molar-refractivity contribution in [3.63, 3.8) is 0 Å². The summed E-state index contributed by atoms with van der Waals surface area (Å²) in [4.78, 5) is 31.9. The average molecular weight is 382 g/mol. The first kappa shape index (κ1) is 19.2. The number of hydrogen-bond donors (Lipinski definition) is 1. The summed E-state index contributed by atoms with van der Waals surface area (Å²) in [5.41, 5.74) is 5.91. The number of thioether (sulfide) groups is 1. The maximum atomic E-state index is 12.7. The lowest BCUT2D eigenvalue weighted by atomic mass is 10.1. The summed E-state index contributed by atoms with van der Waals surface area (Å²) in [5, 5.41) is 0.784. The van der Waals surface area contributed by atoms with Crippen LogP contribution in [0.15, 0.2) is 35.6 Å². The normalized spacial score (nSPS) is 11.0. The Hall–Kier alpha value is -2.60. The summed E-state index contributed by atoms with van der Waals surface area (Å²) in [6.45, 7) is 7.21. The van der Waals surface area contributed by atoms with Crippen LogP contribution in [0.3, 0.4) is 0 Å². The number of rotatable bonds is 6. The van der Waals surface area contributed by atoms with Gasteiger partial charge in [-0.05, 0) is 38.8 Å². The number of aromatic amines is 1. The van der Waals surface area contributed by atoms with Crippen molar-refractivity contribution < 1.29 is 9.59 Å². The molecule has 0 aliphatic carbocycles. The molecule has 6 heteroatoms. The standard InChI is InChI=1S/C21H23N3O2S/c1-12-6-8-16(9-7-12)17-10-22-21(24(17)5)27-11-18(26)20-13(2)19(15(4)25)14(3)23-20/h6-10,23H,11H2,1-5H3. The van der Waals surface area contributed by atoms with Gasteiger partial charge < -0.3 is 9.55 Å². The van der Waals surface area contributed by atoms with E-state index < -0.39 is 0 Å². The molecular formula is C21H23N3O2S. The number of aryl methyl sites for hydroxylation is 2. The molecule has 0 aliphatic heterocycles. The molecule has 0 bridgehead atoms. The lowest BCUT2D eigenvalue weighted by molar-refractivity contribution is 0.101. The van der Waals surface area contributed by atoms with Crippen LogP contribution in [0.5, 0.6) is 0 Å². The molecule has 0 saturated carbocycles. The predicted molar refractivity (Wildman–Crippen MR) is 109 cm³/mol. The number of nitrogens with one attached hydrogen (secondary N) is 1. The number of H-pyrrole nitrogens is 1. The topological polar surface area (TPSA) is 67.8 Å². The van der Waals surface area contributed by atoms with Crippen LogP contribution < -0.4 is 0 Å². The van der Waals surface area contributed by atoms with Crippen LogP contribution in [0, 0.1) is 20.8 Å². The van der Waals surface area contributed by atoms with E-state index >= 15 is 0 Å². The number of carbonyl (C=O) groups is 2. The van der Waals surface area contributed by atoms with E-state index in [0.717, 1.165) is 27.7 Å². The van der Waals surface area contributed by atoms with E-state index in [9.17, 15) is 9.59 Å². The second-order valence-corrected chi connectivity index (χ2v) is 7.69. The fourth-order valence-electron chi connectivity index (χ4n) is 3.28. The molecule has 0 radical (unpaired) electrons. The zero-order valence-electron chi connectivity index (χ0n) is 16.2. The van der Waals surface area contributed by atoms with Gasteiger partial charge in [0.15, 0.2) is 16.7 Å². The third-order valence-electron chi connectivity index (χ3n) is 4.69. The van der Waals surface area contributed by atoms with Gasteiger partial charge in [0.2, 0.25) is 0 Å². The highest BCUT2D eigenvalue weighted by molar-refractivity contribution is 7.99. The maximum absolute atomic E-state index is 12.7. The summed E-state index contributed by atoms with van der Waals surface area (Å²) in [7, 11) is 1.95. The average Bonchev–Trinajstić information content (AvgIpc) is 3.13. The van der Waals surface area contributed by atoms with Crippen molar-refractivity contribution in [3.05, 3.63) is 58.5 Å². The molecule has 0 fully saturated rings. The number of Topliss-reactive ketones (excluding diaryl/α,β-unsaturated/α-hetero) is 2. The van der Waals surface area contributed by atoms with Crippen LogP contribution in [-0.2, 0) is 7.05 Å². The van der Waals surface area contributed by atoms with Crippen molar-refractivity contribution in [3.8, 4) is 11.3 Å². The van der Waals surface area contributed by atoms with Crippen LogP contribution in [-0.4, -0.2) is 31.9 Å². The van der Waals surface area contributed by atoms with Crippen LogP contribution in [0.4, 0.5) is 0 Å². The van der Waals surface area contributed by atoms with E-state index in [4.69, 9.17) is 0 Å². The zero-order chi connectivity index (χ0) is 19.7. The molecule has 3 aromatic rings. The first-order valence-electron chi connectivity index (χ1n) is 8.74. The lowest BCUT2D eigenvalue weighted by Crippen LogP contribution is -2.06. The lowest BCUT2D eigenvalue weighted by Gasteiger charge is -2.06. The van der Waals surface area contributed by atoms with Crippen molar-refractivity contribution in [2.45, 2.75) is 32.9 Å². The SMILES string of the molecule is CC(=O)c1c(C)[nH]c(C(=O)CSc2ncc(-c3ccc(C)cc3)n2C)c1C. The van der Waals surface area contributed by atoms with Crippen LogP contribution in [0.25, 0.3) is 11.3 Å². The quantitative estimate of drug-likeness (QED) is 0.504. The second-order valence-electron chi connectivity index (χ2n) is 6.74. The molecule has 1 N–H and O–H groups in total. The Morgan fingerprint density at radius 2 is 1.81 bits per heavy atom. The second kappa shape index (κ2) is 7.56. The van der Waals surface area contributed by atoms with Crippen molar-refractivity contribution in [1.29, 1.82) is 0 Å². The third-order valence-corrected chi connectivity index (χ3v) is 5.74. The molecule has 27 heavy (non-hydrogen) atoms. The molecular weight excluding hydrogens is 358 g/mol. The Morgan fingerprint density at radius 1 is 1.15 bits per heavy atom. The Bertz CT molecular complexity index is 1010. The fourth-order valence-corrected chi connectivity index (χ4v) is 4.10. The van der Waals surface area contributed by atoms with Crippen LogP contribution >= 0.6 is 11.8 Å². The first-order valence-corrected chi connectivity index (χ1v) is 9.73. The fraction of sp³-hybridized carbons (Fsp3) is 0.286. The van der Waals surface area contributed by atoms with Gasteiger partial charge in [-0.3, -0.25) is 9.59 Å². The maximum Gasteiger partial charge on any atom is 0.189 e. The molecule has 2 aromatic heterocycles. The summed E-state index contributed by atoms with van der Waals surface area (Å²) < 4.78 is 2.00. The molecule has 5 nitrogen and oxygen atoms in total. The minimum Gasteiger partial charge on any atom is -0.355 e. The minimum atomic E-state index is -0.0343. The van der Waals surface area contributed by atoms with Gasteiger partial charge in [-0.25, -0.2) is 4.98 Å². The summed E-state index contributed by atoms with van der Waals surface area (Å²) in [6, 6.07) is 8.28. The highest BCUT2D eigenvalue weighted by atomic mass is 32.2. The molecule has 140 valence electrons. The molecule has 0 unspecified atom stereocenters. The summed E-state index contributed by atoms with van der Waals surface area (Å²) >= 11 is 1.40. The Kier molecular flexibility index (Phi) is 5.37. The van der Waals surface area contributed by atoms with E-state index in [1.807, 2.05) is 31.7 Å². The monoisotopic (exact) mass is 381 g/mol. The Balaban J connectivity index is 1.76. The molecule has 2 heterocycles. The van der Waals surface area contributed by atoms with Gasteiger partial charge in [0, 0.05) is 18.3 Å². The molecule has 0 atom stereocenters. The number of ketones is 2. The minimum absolute atomic E-state index is 0.0280. The molecule has 0 amide bonds. The van der Waals surface area contributed by atoms with Crippen molar-refractivity contribution in [2.24, 2.45) is 7.05 Å². The highest BCUT2D eigenvalue weighted by Gasteiger charge is 2.20. The summed E-state index contributed by atoms with van der Waals surface area (Å²) in [5.74, 6) is 0.198. The van der Waals surface area contributed by atoms with E-state index in [-0.39, 0.29) is 17.3 Å². The van der Waals surface area contributed by atoms with Gasteiger partial charge in [0.25, 0.3) is 0 Å². The summed E-state index contributed by atoms with van der Waals surface area (Å²) in [6.07, 6.45) is 1.83. The van der Waals surface area contributed by atoms with Crippen LogP contribution in [0.1, 0.15) is 44.6 Å². The number of imidazole rings is 1.